The van der Waals surface area contributed by atoms with E-state index in [4.69, 9.17) is 0 Å². The lowest BCUT2D eigenvalue weighted by Crippen LogP contribution is -2.37. The Balaban J connectivity index is 1.56. The van der Waals surface area contributed by atoms with Crippen LogP contribution >= 0.6 is 0 Å². The molecule has 4 fully saturated rings. The minimum atomic E-state index is -1.06. The summed E-state index contributed by atoms with van der Waals surface area (Å²) in [6, 6.07) is 5.74. The van der Waals surface area contributed by atoms with Crippen LogP contribution in [0.1, 0.15) is 37.3 Å². The highest BCUT2D eigenvalue weighted by Gasteiger charge is 2.59. The molecule has 5 heteroatoms. The van der Waals surface area contributed by atoms with Gasteiger partial charge in [0.05, 0.1) is 12.6 Å². The second-order valence-electron chi connectivity index (χ2n) is 7.53. The molecule has 2 bridgehead atoms. The molecule has 0 spiro atoms. The zero-order valence-corrected chi connectivity index (χ0v) is 12.9. The summed E-state index contributed by atoms with van der Waals surface area (Å²) in [4.78, 5) is 14.5. The van der Waals surface area contributed by atoms with Crippen molar-refractivity contribution in [1.82, 2.24) is 4.90 Å². The predicted molar refractivity (Wildman–Crippen MR) is 80.7 cm³/mol. The number of aliphatic hydroxyl groups excluding tert-OH is 1. The molecule has 1 saturated heterocycles. The van der Waals surface area contributed by atoms with Crippen LogP contribution < -0.4 is 0 Å². The van der Waals surface area contributed by atoms with Gasteiger partial charge in [0.2, 0.25) is 5.91 Å². The molecule has 0 aromatic heterocycles. The van der Waals surface area contributed by atoms with Gasteiger partial charge in [-0.2, -0.15) is 0 Å². The van der Waals surface area contributed by atoms with E-state index in [1.54, 1.807) is 17.0 Å². The van der Waals surface area contributed by atoms with Gasteiger partial charge in [-0.05, 0) is 48.3 Å². The zero-order valence-electron chi connectivity index (χ0n) is 12.9. The van der Waals surface area contributed by atoms with Gasteiger partial charge in [0, 0.05) is 18.9 Å². The van der Waals surface area contributed by atoms with Crippen molar-refractivity contribution < 1.29 is 18.7 Å². The number of likely N-dealkylation sites (tertiary alicyclic amines) is 1. The second kappa shape index (κ2) is 5.26. The molecule has 1 aliphatic heterocycles. The van der Waals surface area contributed by atoms with Crippen LogP contribution in [0, 0.1) is 23.1 Å². The fourth-order valence-corrected chi connectivity index (χ4v) is 4.89. The maximum absolute atomic E-state index is 14.0. The number of nitrogens with zero attached hydrogens (tertiary/aromatic N) is 1. The van der Waals surface area contributed by atoms with Gasteiger partial charge in [0.15, 0.2) is 0 Å². The van der Waals surface area contributed by atoms with Crippen molar-refractivity contribution in [1.29, 1.82) is 0 Å². The van der Waals surface area contributed by atoms with E-state index >= 15 is 0 Å². The summed E-state index contributed by atoms with van der Waals surface area (Å²) in [5.74, 6) is -0.165. The van der Waals surface area contributed by atoms with Crippen molar-refractivity contribution in [3.05, 3.63) is 35.6 Å². The number of carbonyl (C=O) groups is 1. The minimum Gasteiger partial charge on any atom is -0.396 e. The number of hydrogen-bond acceptors (Lipinski definition) is 2. The molecule has 3 saturated carbocycles. The molecule has 3 atom stereocenters. The van der Waals surface area contributed by atoms with E-state index in [-0.39, 0.29) is 48.7 Å². The molecule has 23 heavy (non-hydrogen) atoms. The standard InChI is InChI=1S/C18H21F2NO2/c19-13-3-1-2-11(4-13)16-5-14(20)9-21(16)17(23)15-8-18(10-22)6-12(15)7-18/h1-4,12,14-16,22H,5-10H2/t12?,14?,15-,16?,18?/m0/s1. The van der Waals surface area contributed by atoms with Crippen LogP contribution in [0.15, 0.2) is 24.3 Å². The smallest absolute Gasteiger partial charge is 0.226 e. The number of alkyl halides is 1. The van der Waals surface area contributed by atoms with E-state index in [1.807, 2.05) is 0 Å². The Morgan fingerprint density at radius 2 is 2.13 bits per heavy atom. The number of hydrogen-bond donors (Lipinski definition) is 1. The molecule has 3 aliphatic carbocycles. The van der Waals surface area contributed by atoms with Gasteiger partial charge in [0.1, 0.15) is 12.0 Å². The molecule has 1 N–H and O–H groups in total. The first-order chi connectivity index (χ1) is 11.0. The quantitative estimate of drug-likeness (QED) is 0.930. The monoisotopic (exact) mass is 321 g/mol. The van der Waals surface area contributed by atoms with Crippen molar-refractivity contribution in [2.24, 2.45) is 17.3 Å². The number of benzene rings is 1. The largest absolute Gasteiger partial charge is 0.396 e. The fraction of sp³-hybridized carbons (Fsp3) is 0.611. The molecule has 0 radical (unpaired) electrons. The van der Waals surface area contributed by atoms with Crippen LogP contribution in [0.2, 0.25) is 0 Å². The van der Waals surface area contributed by atoms with Crippen LogP contribution in [-0.2, 0) is 4.79 Å². The third-order valence-corrected chi connectivity index (χ3v) is 6.03. The van der Waals surface area contributed by atoms with Gasteiger partial charge < -0.3 is 10.0 Å². The maximum atomic E-state index is 14.0. The Labute approximate surface area is 134 Å². The summed E-state index contributed by atoms with van der Waals surface area (Å²) in [6.45, 7) is 0.224. The van der Waals surface area contributed by atoms with E-state index < -0.39 is 6.17 Å². The minimum absolute atomic E-state index is 0.0164. The average molecular weight is 321 g/mol. The normalized spacial score (nSPS) is 38.7. The van der Waals surface area contributed by atoms with Crippen molar-refractivity contribution >= 4 is 5.91 Å². The Morgan fingerprint density at radius 3 is 2.78 bits per heavy atom. The van der Waals surface area contributed by atoms with E-state index in [1.165, 1.54) is 12.1 Å². The Kier molecular flexibility index (Phi) is 3.45. The van der Waals surface area contributed by atoms with Gasteiger partial charge in [-0.15, -0.1) is 0 Å². The Bertz CT molecular complexity index is 629. The SMILES string of the molecule is O=C([C@H]1CC2(CO)CC1C2)N1CC(F)CC1c1cccc(F)c1. The van der Waals surface area contributed by atoms with Crippen molar-refractivity contribution in [3.8, 4) is 0 Å². The summed E-state index contributed by atoms with van der Waals surface area (Å²) in [7, 11) is 0. The fourth-order valence-electron chi connectivity index (χ4n) is 4.89. The first kappa shape index (κ1) is 15.1. The lowest BCUT2D eigenvalue weighted by molar-refractivity contribution is -0.137. The third-order valence-electron chi connectivity index (χ3n) is 6.03. The lowest BCUT2D eigenvalue weighted by Gasteiger charge is -2.37. The third kappa shape index (κ3) is 2.36. The molecule has 1 aromatic rings. The molecular formula is C18H21F2NO2. The maximum Gasteiger partial charge on any atom is 0.226 e. The number of halogens is 2. The van der Waals surface area contributed by atoms with Gasteiger partial charge in [-0.1, -0.05) is 12.1 Å². The van der Waals surface area contributed by atoms with Gasteiger partial charge in [0.25, 0.3) is 0 Å². The Morgan fingerprint density at radius 1 is 1.35 bits per heavy atom. The van der Waals surface area contributed by atoms with Crippen LogP contribution in [-0.4, -0.2) is 35.2 Å². The Hall–Kier alpha value is -1.49. The summed E-state index contributed by atoms with van der Waals surface area (Å²) in [5.41, 5.74) is 0.592. The van der Waals surface area contributed by atoms with Crippen LogP contribution in [0.4, 0.5) is 8.78 Å². The number of aliphatic hydroxyl groups is 1. The number of rotatable bonds is 3. The van der Waals surface area contributed by atoms with Gasteiger partial charge in [-0.25, -0.2) is 8.78 Å². The second-order valence-corrected chi connectivity index (χ2v) is 7.53. The highest BCUT2D eigenvalue weighted by Crippen LogP contribution is 2.62. The zero-order chi connectivity index (χ0) is 16.2. The van der Waals surface area contributed by atoms with Crippen molar-refractivity contribution in [2.75, 3.05) is 13.2 Å². The van der Waals surface area contributed by atoms with Crippen molar-refractivity contribution in [2.45, 2.75) is 37.9 Å². The van der Waals surface area contributed by atoms with E-state index in [0.29, 0.717) is 17.9 Å². The predicted octanol–water partition coefficient (Wildman–Crippen LogP) is 2.85. The average Bonchev–Trinajstić information content (AvgIpc) is 3.16. The summed E-state index contributed by atoms with van der Waals surface area (Å²) in [5, 5.41) is 9.50. The molecule has 1 amide bonds. The van der Waals surface area contributed by atoms with Crippen molar-refractivity contribution in [3.63, 3.8) is 0 Å². The highest BCUT2D eigenvalue weighted by atomic mass is 19.1. The number of fused-ring (bicyclic) bond motifs is 1. The van der Waals surface area contributed by atoms with Gasteiger partial charge in [-0.3, -0.25) is 4.79 Å². The lowest BCUT2D eigenvalue weighted by atomic mass is 9.70. The summed E-state index contributed by atoms with van der Waals surface area (Å²) in [6.07, 6.45) is 1.68. The molecule has 124 valence electrons. The van der Waals surface area contributed by atoms with Gasteiger partial charge >= 0.3 is 0 Å². The van der Waals surface area contributed by atoms with Crippen LogP contribution in [0.25, 0.3) is 0 Å². The van der Waals surface area contributed by atoms with E-state index in [0.717, 1.165) is 12.8 Å². The molecule has 2 unspecified atom stereocenters. The molecular weight excluding hydrogens is 300 g/mol. The first-order valence-electron chi connectivity index (χ1n) is 8.32. The van der Waals surface area contributed by atoms with Crippen LogP contribution in [0.3, 0.4) is 0 Å². The summed E-state index contributed by atoms with van der Waals surface area (Å²) < 4.78 is 27.5. The number of amides is 1. The molecule has 1 heterocycles. The first-order valence-corrected chi connectivity index (χ1v) is 8.32. The molecule has 4 aliphatic rings. The van der Waals surface area contributed by atoms with Crippen LogP contribution in [0.5, 0.6) is 0 Å². The topological polar surface area (TPSA) is 40.5 Å². The van der Waals surface area contributed by atoms with E-state index in [2.05, 4.69) is 0 Å². The molecule has 3 nitrogen and oxygen atoms in total. The highest BCUT2D eigenvalue weighted by molar-refractivity contribution is 5.81. The number of carbonyl (C=O) groups excluding carboxylic acids is 1. The molecule has 1 aromatic carbocycles. The van der Waals surface area contributed by atoms with E-state index in [9.17, 15) is 18.7 Å². The summed E-state index contributed by atoms with van der Waals surface area (Å²) >= 11 is 0. The molecule has 5 rings (SSSR count).